The first-order valence-corrected chi connectivity index (χ1v) is 12.7. The first kappa shape index (κ1) is 27.0. The zero-order valence-electron chi connectivity index (χ0n) is 20.8. The molecule has 0 spiro atoms. The van der Waals surface area contributed by atoms with Gasteiger partial charge >= 0.3 is 6.09 Å². The van der Waals surface area contributed by atoms with Crippen LogP contribution in [0.5, 0.6) is 0 Å². The number of hydrogen-bond acceptors (Lipinski definition) is 4. The summed E-state index contributed by atoms with van der Waals surface area (Å²) in [6.45, 7) is 1.13. The fourth-order valence-electron chi connectivity index (χ4n) is 4.02. The molecule has 0 saturated carbocycles. The lowest BCUT2D eigenvalue weighted by atomic mass is 9.92. The summed E-state index contributed by atoms with van der Waals surface area (Å²) in [6, 6.07) is 29.7. The number of amides is 2. The average molecular weight is 488 g/mol. The van der Waals surface area contributed by atoms with E-state index in [1.807, 2.05) is 66.7 Å². The van der Waals surface area contributed by atoms with Crippen LogP contribution in [0, 0.1) is 5.92 Å². The molecule has 3 aromatic rings. The van der Waals surface area contributed by atoms with E-state index in [4.69, 9.17) is 10.5 Å². The quantitative estimate of drug-likeness (QED) is 0.289. The lowest BCUT2D eigenvalue weighted by Gasteiger charge is -2.19. The van der Waals surface area contributed by atoms with Crippen molar-refractivity contribution in [2.24, 2.45) is 11.7 Å². The Morgan fingerprint density at radius 3 is 1.97 bits per heavy atom. The minimum absolute atomic E-state index is 0.0350. The summed E-state index contributed by atoms with van der Waals surface area (Å²) >= 11 is 0. The van der Waals surface area contributed by atoms with Crippen LogP contribution in [-0.4, -0.2) is 31.1 Å². The Bertz CT molecular complexity index is 1030. The molecule has 2 atom stereocenters. The third-order valence-corrected chi connectivity index (χ3v) is 6.09. The fourth-order valence-corrected chi connectivity index (χ4v) is 4.02. The van der Waals surface area contributed by atoms with Crippen molar-refractivity contribution >= 4 is 12.0 Å². The number of carbonyl (C=O) groups is 2. The van der Waals surface area contributed by atoms with Crippen LogP contribution in [0.3, 0.4) is 0 Å². The summed E-state index contributed by atoms with van der Waals surface area (Å²) < 4.78 is 5.21. The maximum atomic E-state index is 13.0. The Labute approximate surface area is 214 Å². The zero-order valence-corrected chi connectivity index (χ0v) is 20.8. The number of carbonyl (C=O) groups excluding carboxylic acids is 2. The number of benzene rings is 3. The highest BCUT2D eigenvalue weighted by molar-refractivity contribution is 5.79. The second-order valence-corrected chi connectivity index (χ2v) is 9.05. The molecule has 1 unspecified atom stereocenters. The Morgan fingerprint density at radius 1 is 0.750 bits per heavy atom. The van der Waals surface area contributed by atoms with Crippen molar-refractivity contribution in [3.63, 3.8) is 0 Å². The summed E-state index contributed by atoms with van der Waals surface area (Å²) in [5, 5.41) is 5.80. The van der Waals surface area contributed by atoms with Gasteiger partial charge in [-0.2, -0.15) is 0 Å². The van der Waals surface area contributed by atoms with Crippen molar-refractivity contribution in [3.8, 4) is 0 Å². The van der Waals surface area contributed by atoms with Crippen LogP contribution in [0.15, 0.2) is 91.0 Å². The summed E-state index contributed by atoms with van der Waals surface area (Å²) in [6.07, 6.45) is 3.27. The SMILES string of the molecule is N[C@@H](CCCNC(=O)OCc1ccccc1)CNC(=O)C(CCc1ccccc1)Cc1ccccc1. The zero-order chi connectivity index (χ0) is 25.4. The monoisotopic (exact) mass is 487 g/mol. The molecule has 3 aromatic carbocycles. The van der Waals surface area contributed by atoms with Crippen LogP contribution in [0.4, 0.5) is 4.79 Å². The van der Waals surface area contributed by atoms with E-state index in [-0.39, 0.29) is 24.5 Å². The molecule has 0 fully saturated rings. The van der Waals surface area contributed by atoms with Crippen LogP contribution >= 0.6 is 0 Å². The van der Waals surface area contributed by atoms with E-state index < -0.39 is 6.09 Å². The van der Waals surface area contributed by atoms with Crippen molar-refractivity contribution in [3.05, 3.63) is 108 Å². The standard InChI is InChI=1S/C30H37N3O3/c31-28(17-10-20-32-30(35)36-23-26-15-8-3-9-16-26)22-33-29(34)27(21-25-13-6-2-7-14-25)19-18-24-11-4-1-5-12-24/h1-9,11-16,27-28H,10,17-23,31H2,(H,32,35)(H,33,34)/t27?,28-/m0/s1. The molecule has 6 nitrogen and oxygen atoms in total. The largest absolute Gasteiger partial charge is 0.445 e. The molecule has 0 heterocycles. The number of alkyl carbamates (subject to hydrolysis) is 1. The molecule has 0 saturated heterocycles. The van der Waals surface area contributed by atoms with Crippen molar-refractivity contribution in [2.45, 2.75) is 44.8 Å². The van der Waals surface area contributed by atoms with Gasteiger partial charge in [-0.25, -0.2) is 4.79 Å². The second kappa shape index (κ2) is 15.4. The van der Waals surface area contributed by atoms with Crippen LogP contribution in [0.25, 0.3) is 0 Å². The molecule has 0 aliphatic heterocycles. The van der Waals surface area contributed by atoms with E-state index in [0.717, 1.165) is 24.0 Å². The van der Waals surface area contributed by atoms with Crippen LogP contribution in [0.2, 0.25) is 0 Å². The molecular weight excluding hydrogens is 450 g/mol. The Hall–Kier alpha value is -3.64. The maximum Gasteiger partial charge on any atom is 0.407 e. The molecule has 0 aromatic heterocycles. The van der Waals surface area contributed by atoms with E-state index in [9.17, 15) is 9.59 Å². The highest BCUT2D eigenvalue weighted by Crippen LogP contribution is 2.16. The van der Waals surface area contributed by atoms with Gasteiger partial charge in [0.1, 0.15) is 6.61 Å². The third kappa shape index (κ3) is 10.3. The van der Waals surface area contributed by atoms with Crippen molar-refractivity contribution in [1.82, 2.24) is 10.6 Å². The number of aryl methyl sites for hydroxylation is 1. The predicted octanol–water partition coefficient (Wildman–Crippen LogP) is 4.63. The van der Waals surface area contributed by atoms with E-state index in [2.05, 4.69) is 34.9 Å². The molecule has 2 amide bonds. The predicted molar refractivity (Wildman–Crippen MR) is 143 cm³/mol. The van der Waals surface area contributed by atoms with Crippen molar-refractivity contribution < 1.29 is 14.3 Å². The smallest absolute Gasteiger partial charge is 0.407 e. The van der Waals surface area contributed by atoms with E-state index in [1.165, 1.54) is 5.56 Å². The molecular formula is C30H37N3O3. The molecule has 3 rings (SSSR count). The fraction of sp³-hybridized carbons (Fsp3) is 0.333. The number of hydrogen-bond donors (Lipinski definition) is 3. The highest BCUT2D eigenvalue weighted by atomic mass is 16.5. The summed E-state index contributed by atoms with van der Waals surface area (Å²) in [7, 11) is 0. The molecule has 36 heavy (non-hydrogen) atoms. The minimum Gasteiger partial charge on any atom is -0.445 e. The van der Waals surface area contributed by atoms with Crippen molar-refractivity contribution in [2.75, 3.05) is 13.1 Å². The lowest BCUT2D eigenvalue weighted by Crippen LogP contribution is -2.41. The van der Waals surface area contributed by atoms with Gasteiger partial charge in [-0.05, 0) is 48.8 Å². The van der Waals surface area contributed by atoms with Crippen molar-refractivity contribution in [1.29, 1.82) is 0 Å². The van der Waals surface area contributed by atoms with Crippen LogP contribution in [-0.2, 0) is 29.0 Å². The first-order valence-electron chi connectivity index (χ1n) is 12.7. The summed E-state index contributed by atoms with van der Waals surface area (Å²) in [5.41, 5.74) is 9.56. The molecule has 0 radical (unpaired) electrons. The normalized spacial score (nSPS) is 12.4. The number of nitrogens with two attached hydrogens (primary N) is 1. The molecule has 190 valence electrons. The van der Waals surface area contributed by atoms with Gasteiger partial charge in [0.05, 0.1) is 0 Å². The summed E-state index contributed by atoms with van der Waals surface area (Å²) in [4.78, 5) is 24.9. The molecule has 0 aliphatic carbocycles. The van der Waals surface area contributed by atoms with Gasteiger partial charge in [0.2, 0.25) is 5.91 Å². The Balaban J connectivity index is 1.36. The average Bonchev–Trinajstić information content (AvgIpc) is 2.92. The van der Waals surface area contributed by atoms with Crippen LogP contribution in [0.1, 0.15) is 36.0 Å². The minimum atomic E-state index is -0.442. The highest BCUT2D eigenvalue weighted by Gasteiger charge is 2.19. The van der Waals surface area contributed by atoms with Crippen LogP contribution < -0.4 is 16.4 Å². The van der Waals surface area contributed by atoms with E-state index in [0.29, 0.717) is 32.4 Å². The van der Waals surface area contributed by atoms with Gasteiger partial charge in [0.15, 0.2) is 0 Å². The van der Waals surface area contributed by atoms with E-state index >= 15 is 0 Å². The van der Waals surface area contributed by atoms with Gasteiger partial charge in [0.25, 0.3) is 0 Å². The van der Waals surface area contributed by atoms with Gasteiger partial charge in [-0.15, -0.1) is 0 Å². The number of rotatable bonds is 14. The molecule has 4 N–H and O–H groups in total. The van der Waals surface area contributed by atoms with Gasteiger partial charge in [0, 0.05) is 25.0 Å². The maximum absolute atomic E-state index is 13.0. The van der Waals surface area contributed by atoms with Gasteiger partial charge < -0.3 is 21.1 Å². The Kier molecular flexibility index (Phi) is 11.5. The topological polar surface area (TPSA) is 93.4 Å². The third-order valence-electron chi connectivity index (χ3n) is 6.09. The molecule has 0 bridgehead atoms. The number of nitrogens with one attached hydrogen (secondary N) is 2. The first-order chi connectivity index (χ1) is 17.6. The van der Waals surface area contributed by atoms with Gasteiger partial charge in [-0.1, -0.05) is 91.0 Å². The lowest BCUT2D eigenvalue weighted by molar-refractivity contribution is -0.125. The molecule has 0 aliphatic rings. The Morgan fingerprint density at radius 2 is 1.33 bits per heavy atom. The molecule has 6 heteroatoms. The van der Waals surface area contributed by atoms with Gasteiger partial charge in [-0.3, -0.25) is 4.79 Å². The number of ether oxygens (including phenoxy) is 1. The second-order valence-electron chi connectivity index (χ2n) is 9.05. The van der Waals surface area contributed by atoms with E-state index in [1.54, 1.807) is 0 Å². The summed E-state index contributed by atoms with van der Waals surface area (Å²) in [5.74, 6) is -0.0892.